The highest BCUT2D eigenvalue weighted by Gasteiger charge is 2.16. The topological polar surface area (TPSA) is 110 Å². The summed E-state index contributed by atoms with van der Waals surface area (Å²) in [5.41, 5.74) is 8.22. The summed E-state index contributed by atoms with van der Waals surface area (Å²) in [6.45, 7) is 5.74. The maximum Gasteiger partial charge on any atom is 0.125 e. The quantitative estimate of drug-likeness (QED) is 0.171. The lowest BCUT2D eigenvalue weighted by Gasteiger charge is -2.13. The molecule has 0 aliphatic carbocycles. The number of nitrogens with one attached hydrogen (secondary N) is 4. The number of H-pyrrole nitrogens is 2. The van der Waals surface area contributed by atoms with Crippen LogP contribution in [0, 0.1) is 5.82 Å². The Morgan fingerprint density at radius 3 is 2.51 bits per heavy atom. The monoisotopic (exact) mass is 549 g/mol. The Morgan fingerprint density at radius 1 is 0.854 bits per heavy atom. The average Bonchev–Trinajstić information content (AvgIpc) is 3.56. The van der Waals surface area contributed by atoms with Gasteiger partial charge >= 0.3 is 0 Å². The van der Waals surface area contributed by atoms with Gasteiger partial charge in [-0.3, -0.25) is 20.1 Å². The molecule has 9 nitrogen and oxygen atoms in total. The Kier molecular flexibility index (Phi) is 7.07. The highest BCUT2D eigenvalue weighted by molar-refractivity contribution is 6.01. The summed E-state index contributed by atoms with van der Waals surface area (Å²) in [5.74, 6) is -0.303. The van der Waals surface area contributed by atoms with Crippen LogP contribution in [0.3, 0.4) is 0 Å². The Hall–Kier alpha value is -4.83. The van der Waals surface area contributed by atoms with Crippen molar-refractivity contribution in [2.24, 2.45) is 0 Å². The zero-order valence-electron chi connectivity index (χ0n) is 23.5. The Morgan fingerprint density at radius 2 is 1.68 bits per heavy atom. The summed E-state index contributed by atoms with van der Waals surface area (Å²) in [6.07, 6.45) is 8.95. The summed E-state index contributed by atoms with van der Waals surface area (Å²) in [5, 5.41) is 16.3. The Bertz CT molecular complexity index is 1840. The van der Waals surface area contributed by atoms with Gasteiger partial charge in [-0.15, -0.1) is 0 Å². The first kappa shape index (κ1) is 26.4. The van der Waals surface area contributed by atoms with Crippen molar-refractivity contribution in [3.05, 3.63) is 73.2 Å². The molecule has 0 radical (unpaired) electrons. The van der Waals surface area contributed by atoms with Crippen LogP contribution in [0.15, 0.2) is 67.4 Å². The molecule has 0 atom stereocenters. The molecule has 0 aliphatic rings. The lowest BCUT2D eigenvalue weighted by atomic mass is 10.0. The smallest absolute Gasteiger partial charge is 0.125 e. The molecule has 0 fully saturated rings. The normalized spacial score (nSPS) is 11.7. The highest BCUT2D eigenvalue weighted by atomic mass is 19.1. The van der Waals surface area contributed by atoms with Crippen LogP contribution in [0.25, 0.3) is 55.6 Å². The van der Waals surface area contributed by atoms with E-state index >= 15 is 0 Å². The number of likely N-dealkylation sites (N-methyl/N-ethyl adjacent to an activating group) is 1. The first-order valence-electron chi connectivity index (χ1n) is 13.6. The van der Waals surface area contributed by atoms with Gasteiger partial charge in [0.2, 0.25) is 0 Å². The molecule has 0 unspecified atom stereocenters. The standard InChI is InChI=1S/C31H32FN9/c1-18(2)37-23-9-20(13-33-14-23)27-12-25-30(17-36-27)39-40-31(25)28-11-24-26(15-34-16-29(24)38-28)19-7-21(32)10-22(8-19)35-5-6-41(3)4/h7-18,35,37-38H,5-6H2,1-4H3,(H,39,40). The summed E-state index contributed by atoms with van der Waals surface area (Å²) in [7, 11) is 4.02. The lowest BCUT2D eigenvalue weighted by Crippen LogP contribution is -2.20. The van der Waals surface area contributed by atoms with E-state index in [1.54, 1.807) is 24.7 Å². The number of pyridine rings is 3. The number of halogens is 1. The Balaban J connectivity index is 1.37. The number of anilines is 2. The minimum Gasteiger partial charge on any atom is -0.384 e. The molecule has 6 aromatic rings. The second-order valence-electron chi connectivity index (χ2n) is 10.7. The fourth-order valence-corrected chi connectivity index (χ4v) is 4.95. The van der Waals surface area contributed by atoms with Crippen LogP contribution in [-0.4, -0.2) is 68.3 Å². The van der Waals surface area contributed by atoms with Gasteiger partial charge in [-0.05, 0) is 69.9 Å². The van der Waals surface area contributed by atoms with Crippen LogP contribution in [0.4, 0.5) is 15.8 Å². The number of rotatable bonds is 9. The molecule has 0 saturated heterocycles. The average molecular weight is 550 g/mol. The highest BCUT2D eigenvalue weighted by Crippen LogP contribution is 2.35. The molecule has 0 aliphatic heterocycles. The van der Waals surface area contributed by atoms with Crippen LogP contribution in [-0.2, 0) is 0 Å². The molecule has 1 aromatic carbocycles. The summed E-state index contributed by atoms with van der Waals surface area (Å²) < 4.78 is 14.7. The van der Waals surface area contributed by atoms with Crippen LogP contribution in [0.1, 0.15) is 13.8 Å². The van der Waals surface area contributed by atoms with E-state index in [-0.39, 0.29) is 5.82 Å². The summed E-state index contributed by atoms with van der Waals surface area (Å²) in [4.78, 5) is 19.0. The van der Waals surface area contributed by atoms with E-state index in [0.29, 0.717) is 12.6 Å². The van der Waals surface area contributed by atoms with Gasteiger partial charge in [-0.2, -0.15) is 5.10 Å². The van der Waals surface area contributed by atoms with E-state index in [1.807, 2.05) is 50.8 Å². The van der Waals surface area contributed by atoms with Gasteiger partial charge < -0.3 is 20.5 Å². The predicted octanol–water partition coefficient (Wildman–Crippen LogP) is 6.16. The maximum atomic E-state index is 14.7. The largest absolute Gasteiger partial charge is 0.384 e. The predicted molar refractivity (Wildman–Crippen MR) is 163 cm³/mol. The van der Waals surface area contributed by atoms with Crippen molar-refractivity contribution in [3.8, 4) is 33.8 Å². The van der Waals surface area contributed by atoms with Crippen LogP contribution in [0.2, 0.25) is 0 Å². The fraction of sp³-hybridized carbons (Fsp3) is 0.226. The third-order valence-corrected chi connectivity index (χ3v) is 6.83. The fourth-order valence-electron chi connectivity index (χ4n) is 4.95. The number of nitrogens with zero attached hydrogens (tertiary/aromatic N) is 5. The van der Waals surface area contributed by atoms with Crippen molar-refractivity contribution in [1.82, 2.24) is 35.0 Å². The number of aromatic amines is 2. The number of hydrogen-bond acceptors (Lipinski definition) is 7. The zero-order valence-corrected chi connectivity index (χ0v) is 23.5. The molecule has 5 heterocycles. The van der Waals surface area contributed by atoms with Gasteiger partial charge in [0, 0.05) is 65.3 Å². The van der Waals surface area contributed by atoms with Gasteiger partial charge in [0.15, 0.2) is 0 Å². The first-order valence-corrected chi connectivity index (χ1v) is 13.6. The molecule has 6 rings (SSSR count). The van der Waals surface area contributed by atoms with Gasteiger partial charge in [0.05, 0.1) is 40.5 Å². The van der Waals surface area contributed by atoms with E-state index in [1.165, 1.54) is 6.07 Å². The van der Waals surface area contributed by atoms with Crippen molar-refractivity contribution >= 4 is 33.2 Å². The maximum absolute atomic E-state index is 14.7. The summed E-state index contributed by atoms with van der Waals surface area (Å²) in [6, 6.07) is 11.4. The molecule has 5 aromatic heterocycles. The van der Waals surface area contributed by atoms with Crippen LogP contribution >= 0.6 is 0 Å². The van der Waals surface area contributed by atoms with Crippen molar-refractivity contribution in [2.45, 2.75) is 19.9 Å². The lowest BCUT2D eigenvalue weighted by molar-refractivity contribution is 0.425. The van der Waals surface area contributed by atoms with Gasteiger partial charge in [-0.25, -0.2) is 4.39 Å². The van der Waals surface area contributed by atoms with Crippen LogP contribution in [0.5, 0.6) is 0 Å². The molecule has 0 bridgehead atoms. The van der Waals surface area contributed by atoms with Crippen molar-refractivity contribution in [2.75, 3.05) is 37.8 Å². The molecule has 208 valence electrons. The molecule has 41 heavy (non-hydrogen) atoms. The molecule has 10 heteroatoms. The first-order chi connectivity index (χ1) is 19.8. The van der Waals surface area contributed by atoms with Gasteiger partial charge in [0.25, 0.3) is 0 Å². The van der Waals surface area contributed by atoms with Crippen molar-refractivity contribution < 1.29 is 4.39 Å². The second kappa shape index (κ2) is 11.0. The molecular weight excluding hydrogens is 517 g/mol. The van der Waals surface area contributed by atoms with E-state index in [2.05, 4.69) is 59.5 Å². The zero-order chi connectivity index (χ0) is 28.5. The number of hydrogen-bond donors (Lipinski definition) is 4. The number of benzene rings is 1. The minimum atomic E-state index is -0.303. The van der Waals surface area contributed by atoms with Crippen molar-refractivity contribution in [1.29, 1.82) is 0 Å². The molecular formula is C31H32FN9. The second-order valence-corrected chi connectivity index (χ2v) is 10.7. The number of fused-ring (bicyclic) bond motifs is 2. The Labute approximate surface area is 237 Å². The van der Waals surface area contributed by atoms with E-state index in [0.717, 1.165) is 73.5 Å². The summed E-state index contributed by atoms with van der Waals surface area (Å²) >= 11 is 0. The van der Waals surface area contributed by atoms with Gasteiger partial charge in [-0.1, -0.05) is 0 Å². The molecule has 0 spiro atoms. The molecule has 0 saturated carbocycles. The van der Waals surface area contributed by atoms with Gasteiger partial charge in [0.1, 0.15) is 11.5 Å². The third-order valence-electron chi connectivity index (χ3n) is 6.83. The minimum absolute atomic E-state index is 0.294. The van der Waals surface area contributed by atoms with E-state index < -0.39 is 0 Å². The van der Waals surface area contributed by atoms with Crippen molar-refractivity contribution in [3.63, 3.8) is 0 Å². The van der Waals surface area contributed by atoms with Crippen LogP contribution < -0.4 is 10.6 Å². The SMILES string of the molecule is CC(C)Nc1cncc(-c2cc3c(-c4cc5c(-c6cc(F)cc(NCCN(C)C)c6)cncc5[nH]4)n[nH]c3cn2)c1. The number of aromatic nitrogens is 6. The third kappa shape index (κ3) is 5.59. The van der Waals surface area contributed by atoms with E-state index in [9.17, 15) is 4.39 Å². The molecule has 4 N–H and O–H groups in total. The van der Waals surface area contributed by atoms with E-state index in [4.69, 9.17) is 0 Å². The molecule has 0 amide bonds.